The number of carbonyl (C=O) groups excluding carboxylic acids is 1. The Morgan fingerprint density at radius 3 is 2.25 bits per heavy atom. The molecule has 6 heteroatoms. The van der Waals surface area contributed by atoms with E-state index < -0.39 is 23.2 Å². The third kappa shape index (κ3) is 3.42. The van der Waals surface area contributed by atoms with Crippen LogP contribution in [-0.4, -0.2) is 64.3 Å². The Balaban J connectivity index is 2.85. The molecule has 1 rings (SSSR count). The van der Waals surface area contributed by atoms with Crippen LogP contribution in [0.2, 0.25) is 0 Å². The zero-order valence-electron chi connectivity index (χ0n) is 13.1. The van der Waals surface area contributed by atoms with Crippen molar-refractivity contribution in [3.63, 3.8) is 0 Å². The van der Waals surface area contributed by atoms with Crippen molar-refractivity contribution in [3.8, 4) is 0 Å². The lowest BCUT2D eigenvalue weighted by Gasteiger charge is -2.36. The summed E-state index contributed by atoms with van der Waals surface area (Å²) in [5, 5.41) is 9.61. The summed E-state index contributed by atoms with van der Waals surface area (Å²) in [6.45, 7) is 11.2. The van der Waals surface area contributed by atoms with Crippen LogP contribution in [-0.2, 0) is 9.53 Å². The Morgan fingerprint density at radius 2 is 1.85 bits per heavy atom. The predicted molar refractivity (Wildman–Crippen MR) is 75.7 cm³/mol. The molecule has 1 heterocycles. The summed E-state index contributed by atoms with van der Waals surface area (Å²) in [6, 6.07) is 0. The van der Waals surface area contributed by atoms with Crippen LogP contribution in [0.25, 0.3) is 0 Å². The number of aliphatic carboxylic acids is 1. The molecule has 0 aromatic rings. The highest BCUT2D eigenvalue weighted by molar-refractivity contribution is 5.81. The molecule has 0 aliphatic carbocycles. The molecule has 1 aliphatic heterocycles. The van der Waals surface area contributed by atoms with Gasteiger partial charge in [-0.25, -0.2) is 4.79 Å². The Hall–Kier alpha value is -1.30. The van der Waals surface area contributed by atoms with Gasteiger partial charge in [0.2, 0.25) is 0 Å². The van der Waals surface area contributed by atoms with E-state index in [4.69, 9.17) is 4.74 Å². The van der Waals surface area contributed by atoms with Gasteiger partial charge in [-0.1, -0.05) is 13.8 Å². The van der Waals surface area contributed by atoms with Crippen molar-refractivity contribution in [2.24, 2.45) is 0 Å². The molecule has 0 bridgehead atoms. The highest BCUT2D eigenvalue weighted by atomic mass is 16.6. The van der Waals surface area contributed by atoms with Gasteiger partial charge in [0.05, 0.1) is 6.54 Å². The summed E-state index contributed by atoms with van der Waals surface area (Å²) in [5.41, 5.74) is -1.55. The predicted octanol–water partition coefficient (Wildman–Crippen LogP) is 1.79. The Kier molecular flexibility index (Phi) is 5.02. The fourth-order valence-electron chi connectivity index (χ4n) is 2.67. The van der Waals surface area contributed by atoms with Gasteiger partial charge in [-0.3, -0.25) is 9.69 Å². The van der Waals surface area contributed by atoms with E-state index >= 15 is 0 Å². The number of hydrogen-bond donors (Lipinski definition) is 1. The number of likely N-dealkylation sites (tertiary alicyclic amines) is 1. The lowest BCUT2D eigenvalue weighted by molar-refractivity contribution is -0.150. The Labute approximate surface area is 120 Å². The third-order valence-electron chi connectivity index (χ3n) is 3.67. The second kappa shape index (κ2) is 5.99. The van der Waals surface area contributed by atoms with E-state index in [1.165, 1.54) is 4.90 Å². The number of amides is 1. The number of hydrogen-bond acceptors (Lipinski definition) is 4. The average molecular weight is 286 g/mol. The summed E-state index contributed by atoms with van der Waals surface area (Å²) < 4.78 is 5.32. The van der Waals surface area contributed by atoms with Crippen LogP contribution < -0.4 is 0 Å². The van der Waals surface area contributed by atoms with E-state index in [9.17, 15) is 14.7 Å². The van der Waals surface area contributed by atoms with E-state index in [0.29, 0.717) is 26.1 Å². The van der Waals surface area contributed by atoms with Crippen LogP contribution in [0.15, 0.2) is 0 Å². The van der Waals surface area contributed by atoms with Crippen molar-refractivity contribution in [1.29, 1.82) is 0 Å². The van der Waals surface area contributed by atoms with Crippen molar-refractivity contribution >= 4 is 12.1 Å². The molecule has 1 N–H and O–H groups in total. The van der Waals surface area contributed by atoms with Gasteiger partial charge in [0.25, 0.3) is 0 Å². The third-order valence-corrected chi connectivity index (χ3v) is 3.67. The average Bonchev–Trinajstić information content (AvgIpc) is 2.75. The van der Waals surface area contributed by atoms with Crippen molar-refractivity contribution in [2.75, 3.05) is 26.2 Å². The minimum atomic E-state index is -0.986. The van der Waals surface area contributed by atoms with Crippen LogP contribution in [0.3, 0.4) is 0 Å². The number of nitrogens with zero attached hydrogens (tertiary/aromatic N) is 2. The van der Waals surface area contributed by atoms with E-state index in [-0.39, 0.29) is 6.54 Å². The normalized spacial score (nSPS) is 23.2. The molecule has 116 valence electrons. The van der Waals surface area contributed by atoms with Crippen molar-refractivity contribution in [2.45, 2.75) is 52.2 Å². The quantitative estimate of drug-likeness (QED) is 0.853. The van der Waals surface area contributed by atoms with Crippen molar-refractivity contribution in [1.82, 2.24) is 9.80 Å². The molecule has 0 aromatic heterocycles. The summed E-state index contributed by atoms with van der Waals surface area (Å²) in [6.07, 6.45) is -0.00345. The van der Waals surface area contributed by atoms with Crippen LogP contribution in [0.4, 0.5) is 4.79 Å². The van der Waals surface area contributed by atoms with Crippen LogP contribution >= 0.6 is 0 Å². The van der Waals surface area contributed by atoms with Gasteiger partial charge in [0, 0.05) is 6.54 Å². The SMILES string of the molecule is CCN(CC)C1(C(=O)O)CCN(C(=O)OC(C)(C)C)C1. The molecular formula is C14H26N2O4. The van der Waals surface area contributed by atoms with Gasteiger partial charge < -0.3 is 14.7 Å². The number of carboxylic acid groups (broad SMARTS) is 1. The topological polar surface area (TPSA) is 70.1 Å². The van der Waals surface area contributed by atoms with Crippen LogP contribution in [0, 0.1) is 0 Å². The highest BCUT2D eigenvalue weighted by Gasteiger charge is 2.50. The maximum absolute atomic E-state index is 12.1. The van der Waals surface area contributed by atoms with Gasteiger partial charge in [-0.05, 0) is 40.3 Å². The van der Waals surface area contributed by atoms with Crippen molar-refractivity contribution in [3.05, 3.63) is 0 Å². The number of carbonyl (C=O) groups is 2. The molecule has 20 heavy (non-hydrogen) atoms. The lowest BCUT2D eigenvalue weighted by atomic mass is 9.96. The second-order valence-corrected chi connectivity index (χ2v) is 6.16. The van der Waals surface area contributed by atoms with Crippen LogP contribution in [0.1, 0.15) is 41.0 Å². The smallest absolute Gasteiger partial charge is 0.410 e. The number of rotatable bonds is 4. The first-order valence-corrected chi connectivity index (χ1v) is 7.12. The van der Waals surface area contributed by atoms with Gasteiger partial charge in [0.15, 0.2) is 0 Å². The fourth-order valence-corrected chi connectivity index (χ4v) is 2.67. The highest BCUT2D eigenvalue weighted by Crippen LogP contribution is 2.29. The molecule has 0 saturated carbocycles. The van der Waals surface area contributed by atoms with Gasteiger partial charge in [0.1, 0.15) is 11.1 Å². The first kappa shape index (κ1) is 16.8. The molecule has 6 nitrogen and oxygen atoms in total. The molecule has 1 unspecified atom stereocenters. The maximum atomic E-state index is 12.1. The van der Waals surface area contributed by atoms with E-state index in [1.54, 1.807) is 20.8 Å². The van der Waals surface area contributed by atoms with E-state index in [2.05, 4.69) is 0 Å². The summed E-state index contributed by atoms with van der Waals surface area (Å²) in [4.78, 5) is 27.2. The van der Waals surface area contributed by atoms with E-state index in [0.717, 1.165) is 0 Å². The van der Waals surface area contributed by atoms with Gasteiger partial charge in [-0.2, -0.15) is 0 Å². The number of carboxylic acids is 1. The van der Waals surface area contributed by atoms with Gasteiger partial charge >= 0.3 is 12.1 Å². The minimum Gasteiger partial charge on any atom is -0.480 e. The summed E-state index contributed by atoms with van der Waals surface area (Å²) in [5.74, 6) is -0.868. The van der Waals surface area contributed by atoms with E-state index in [1.807, 2.05) is 18.7 Å². The zero-order valence-corrected chi connectivity index (χ0v) is 13.1. The molecular weight excluding hydrogens is 260 g/mol. The molecule has 1 saturated heterocycles. The lowest BCUT2D eigenvalue weighted by Crippen LogP contribution is -2.56. The number of likely N-dealkylation sites (N-methyl/N-ethyl adjacent to an activating group) is 1. The molecule has 0 spiro atoms. The monoisotopic (exact) mass is 286 g/mol. The summed E-state index contributed by atoms with van der Waals surface area (Å²) >= 11 is 0. The largest absolute Gasteiger partial charge is 0.480 e. The maximum Gasteiger partial charge on any atom is 0.410 e. The number of ether oxygens (including phenoxy) is 1. The van der Waals surface area contributed by atoms with Gasteiger partial charge in [-0.15, -0.1) is 0 Å². The van der Waals surface area contributed by atoms with Crippen molar-refractivity contribution < 1.29 is 19.4 Å². The molecule has 1 atom stereocenters. The Bertz CT molecular complexity index is 374. The summed E-state index contributed by atoms with van der Waals surface area (Å²) in [7, 11) is 0. The molecule has 0 radical (unpaired) electrons. The molecule has 1 aliphatic rings. The van der Waals surface area contributed by atoms with Crippen LogP contribution in [0.5, 0.6) is 0 Å². The first-order chi connectivity index (χ1) is 9.16. The minimum absolute atomic E-state index is 0.179. The fraction of sp³-hybridized carbons (Fsp3) is 0.857. The molecule has 1 fully saturated rings. The Morgan fingerprint density at radius 1 is 1.30 bits per heavy atom. The molecule has 1 amide bonds. The first-order valence-electron chi connectivity index (χ1n) is 7.12. The standard InChI is InChI=1S/C14H26N2O4/c1-6-16(7-2)14(11(17)18)8-9-15(10-14)12(19)20-13(3,4)5/h6-10H2,1-5H3,(H,17,18). The second-order valence-electron chi connectivity index (χ2n) is 6.16. The zero-order chi connectivity index (χ0) is 15.6. The molecule has 0 aromatic carbocycles.